The number of H-pyrrole nitrogens is 1. The number of para-hydroxylation sites is 1. The van der Waals surface area contributed by atoms with Crippen LogP contribution in [0.4, 0.5) is 0 Å². The fourth-order valence-electron chi connectivity index (χ4n) is 3.92. The van der Waals surface area contributed by atoms with Gasteiger partial charge in [0.1, 0.15) is 12.6 Å². The van der Waals surface area contributed by atoms with Crippen molar-refractivity contribution in [1.29, 1.82) is 0 Å². The molecule has 0 saturated heterocycles. The predicted octanol–water partition coefficient (Wildman–Crippen LogP) is 6.89. The van der Waals surface area contributed by atoms with E-state index >= 15 is 0 Å². The van der Waals surface area contributed by atoms with E-state index in [-0.39, 0.29) is 13.2 Å². The van der Waals surface area contributed by atoms with Crippen molar-refractivity contribution in [3.8, 4) is 11.5 Å². The Morgan fingerprint density at radius 1 is 1.00 bits per heavy atom. The number of halogens is 3. The molecule has 1 heterocycles. The van der Waals surface area contributed by atoms with Gasteiger partial charge in [-0.05, 0) is 53.9 Å². The summed E-state index contributed by atoms with van der Waals surface area (Å²) in [6, 6.07) is 15.8. The second-order valence-electron chi connectivity index (χ2n) is 8.21. The van der Waals surface area contributed by atoms with E-state index in [9.17, 15) is 9.90 Å². The third-order valence-corrected chi connectivity index (χ3v) is 6.71. The highest BCUT2D eigenvalue weighted by Gasteiger charge is 2.20. The molecule has 4 aromatic rings. The minimum Gasteiger partial charge on any atom is -0.490 e. The third kappa shape index (κ3) is 6.26. The average Bonchev–Trinajstić information content (AvgIpc) is 3.26. The minimum absolute atomic E-state index is 0.222. The molecule has 36 heavy (non-hydrogen) atoms. The van der Waals surface area contributed by atoms with Crippen LogP contribution in [0.25, 0.3) is 10.9 Å². The van der Waals surface area contributed by atoms with Gasteiger partial charge in [-0.15, -0.1) is 0 Å². The van der Waals surface area contributed by atoms with E-state index in [1.807, 2.05) is 43.5 Å². The number of hydrogen-bond acceptors (Lipinski definition) is 4. The molecule has 3 N–H and O–H groups in total. The van der Waals surface area contributed by atoms with Crippen LogP contribution >= 0.6 is 34.8 Å². The summed E-state index contributed by atoms with van der Waals surface area (Å²) in [5, 5.41) is 15.2. The standard InChI is InChI=1S/C27H25Cl3N2O4/c1-2-35-25-11-17(10-22(30)26(25)36-15-16-7-8-20(28)21(29)9-16)13-31-24(27(33)34)12-18-14-32-23-6-4-3-5-19(18)23/h3-11,14,24,31-32H,2,12-13,15H2,1H3,(H,33,34). The summed E-state index contributed by atoms with van der Waals surface area (Å²) in [7, 11) is 0. The van der Waals surface area contributed by atoms with Crippen molar-refractivity contribution in [3.05, 3.63) is 92.6 Å². The molecule has 0 radical (unpaired) electrons. The predicted molar refractivity (Wildman–Crippen MR) is 144 cm³/mol. The van der Waals surface area contributed by atoms with Crippen molar-refractivity contribution >= 4 is 51.7 Å². The Kier molecular flexibility index (Phi) is 8.64. The Labute approximate surface area is 224 Å². The Hall–Kier alpha value is -2.90. The monoisotopic (exact) mass is 546 g/mol. The number of carboxylic acids is 1. The molecule has 1 unspecified atom stereocenters. The molecule has 188 valence electrons. The highest BCUT2D eigenvalue weighted by atomic mass is 35.5. The largest absolute Gasteiger partial charge is 0.490 e. The maximum Gasteiger partial charge on any atom is 0.321 e. The summed E-state index contributed by atoms with van der Waals surface area (Å²) in [6.07, 6.45) is 2.18. The minimum atomic E-state index is -0.932. The molecule has 0 bridgehead atoms. The molecule has 0 aliphatic carbocycles. The van der Waals surface area contributed by atoms with Gasteiger partial charge in [0.15, 0.2) is 11.5 Å². The summed E-state index contributed by atoms with van der Waals surface area (Å²) < 4.78 is 11.7. The first-order chi connectivity index (χ1) is 17.4. The van der Waals surface area contributed by atoms with Crippen molar-refractivity contribution in [3.63, 3.8) is 0 Å². The molecule has 3 aromatic carbocycles. The summed E-state index contributed by atoms with van der Waals surface area (Å²) in [4.78, 5) is 15.2. The van der Waals surface area contributed by atoms with Gasteiger partial charge in [-0.25, -0.2) is 0 Å². The van der Waals surface area contributed by atoms with Gasteiger partial charge in [0.2, 0.25) is 0 Å². The Bertz CT molecular complexity index is 1370. The van der Waals surface area contributed by atoms with Crippen molar-refractivity contribution in [2.24, 2.45) is 0 Å². The number of ether oxygens (including phenoxy) is 2. The Balaban J connectivity index is 1.47. The average molecular weight is 548 g/mol. The quantitative estimate of drug-likeness (QED) is 0.190. The normalized spacial score (nSPS) is 12.0. The molecule has 0 amide bonds. The van der Waals surface area contributed by atoms with Gasteiger partial charge in [-0.1, -0.05) is 59.1 Å². The fraction of sp³-hybridized carbons (Fsp3) is 0.222. The van der Waals surface area contributed by atoms with Gasteiger partial charge in [0, 0.05) is 30.1 Å². The number of carboxylic acid groups (broad SMARTS) is 1. The molecule has 0 aliphatic rings. The topological polar surface area (TPSA) is 83.6 Å². The number of rotatable bonds is 11. The Morgan fingerprint density at radius 2 is 1.78 bits per heavy atom. The maximum atomic E-state index is 12.0. The summed E-state index contributed by atoms with van der Waals surface area (Å²) in [5.74, 6) is -0.0507. The third-order valence-electron chi connectivity index (χ3n) is 5.69. The number of benzene rings is 3. The lowest BCUT2D eigenvalue weighted by Gasteiger charge is -2.18. The molecule has 0 spiro atoms. The Morgan fingerprint density at radius 3 is 2.53 bits per heavy atom. The smallest absolute Gasteiger partial charge is 0.321 e. The zero-order valence-electron chi connectivity index (χ0n) is 19.5. The first-order valence-electron chi connectivity index (χ1n) is 11.4. The van der Waals surface area contributed by atoms with Crippen LogP contribution in [0, 0.1) is 0 Å². The number of aromatic nitrogens is 1. The molecule has 4 rings (SSSR count). The van der Waals surface area contributed by atoms with Gasteiger partial charge in [-0.2, -0.15) is 0 Å². The van der Waals surface area contributed by atoms with E-state index in [1.54, 1.807) is 24.3 Å². The van der Waals surface area contributed by atoms with Crippen LogP contribution in [-0.4, -0.2) is 28.7 Å². The first kappa shape index (κ1) is 26.2. The van der Waals surface area contributed by atoms with Crippen molar-refractivity contribution in [1.82, 2.24) is 10.3 Å². The van der Waals surface area contributed by atoms with Crippen LogP contribution in [0.5, 0.6) is 11.5 Å². The number of hydrogen-bond donors (Lipinski definition) is 3. The lowest BCUT2D eigenvalue weighted by molar-refractivity contribution is -0.139. The summed E-state index contributed by atoms with van der Waals surface area (Å²) in [6.45, 7) is 2.78. The molecular weight excluding hydrogens is 523 g/mol. The number of aliphatic carboxylic acids is 1. The van der Waals surface area contributed by atoms with Crippen LogP contribution in [0.2, 0.25) is 15.1 Å². The first-order valence-corrected chi connectivity index (χ1v) is 12.5. The molecule has 0 saturated carbocycles. The summed E-state index contributed by atoms with van der Waals surface area (Å²) in [5.41, 5.74) is 3.51. The SMILES string of the molecule is CCOc1cc(CNC(Cc2c[nH]c3ccccc23)C(=O)O)cc(Cl)c1OCc1ccc(Cl)c(Cl)c1. The van der Waals surface area contributed by atoms with E-state index in [4.69, 9.17) is 44.3 Å². The van der Waals surface area contributed by atoms with Crippen LogP contribution < -0.4 is 14.8 Å². The molecule has 0 aliphatic heterocycles. The lowest BCUT2D eigenvalue weighted by Crippen LogP contribution is -2.38. The van der Waals surface area contributed by atoms with E-state index in [2.05, 4.69) is 10.3 Å². The second-order valence-corrected chi connectivity index (χ2v) is 9.43. The van der Waals surface area contributed by atoms with Gasteiger partial charge in [0.05, 0.1) is 21.7 Å². The van der Waals surface area contributed by atoms with E-state index < -0.39 is 12.0 Å². The molecule has 1 atom stereocenters. The van der Waals surface area contributed by atoms with Crippen molar-refractivity contribution in [2.45, 2.75) is 32.5 Å². The van der Waals surface area contributed by atoms with Gasteiger partial charge < -0.3 is 24.9 Å². The van der Waals surface area contributed by atoms with Crippen molar-refractivity contribution < 1.29 is 19.4 Å². The zero-order valence-corrected chi connectivity index (χ0v) is 21.8. The van der Waals surface area contributed by atoms with E-state index in [0.717, 1.165) is 27.6 Å². The molecule has 9 heteroatoms. The number of carbonyl (C=O) groups is 1. The number of nitrogens with one attached hydrogen (secondary N) is 2. The van der Waals surface area contributed by atoms with Crippen LogP contribution in [0.15, 0.2) is 60.8 Å². The van der Waals surface area contributed by atoms with Gasteiger partial charge in [0.25, 0.3) is 0 Å². The van der Waals surface area contributed by atoms with E-state index in [1.165, 1.54) is 0 Å². The van der Waals surface area contributed by atoms with E-state index in [0.29, 0.717) is 39.6 Å². The van der Waals surface area contributed by atoms with Crippen LogP contribution in [0.1, 0.15) is 23.6 Å². The zero-order chi connectivity index (χ0) is 25.7. The lowest BCUT2D eigenvalue weighted by atomic mass is 10.0. The van der Waals surface area contributed by atoms with Crippen molar-refractivity contribution in [2.75, 3.05) is 6.61 Å². The fourth-order valence-corrected chi connectivity index (χ4v) is 4.53. The van der Waals surface area contributed by atoms with Crippen LogP contribution in [-0.2, 0) is 24.4 Å². The number of fused-ring (bicyclic) bond motifs is 1. The molecular formula is C27H25Cl3N2O4. The van der Waals surface area contributed by atoms with Gasteiger partial charge in [-0.3, -0.25) is 4.79 Å². The summed E-state index contributed by atoms with van der Waals surface area (Å²) >= 11 is 18.6. The highest BCUT2D eigenvalue weighted by molar-refractivity contribution is 6.42. The highest BCUT2D eigenvalue weighted by Crippen LogP contribution is 2.37. The maximum absolute atomic E-state index is 12.0. The van der Waals surface area contributed by atoms with Crippen LogP contribution in [0.3, 0.4) is 0 Å². The molecule has 0 fully saturated rings. The number of aromatic amines is 1. The second kappa shape index (κ2) is 11.9. The molecule has 6 nitrogen and oxygen atoms in total. The van der Waals surface area contributed by atoms with Gasteiger partial charge >= 0.3 is 5.97 Å². The molecule has 1 aromatic heterocycles.